The molecule has 14 heavy (non-hydrogen) atoms. The summed E-state index contributed by atoms with van der Waals surface area (Å²) >= 11 is 0. The molecular weight excluding hydrogens is 180 g/mol. The summed E-state index contributed by atoms with van der Waals surface area (Å²) in [5, 5.41) is 6.24. The number of ether oxygens (including phenoxy) is 1. The van der Waals surface area contributed by atoms with Crippen molar-refractivity contribution < 1.29 is 9.53 Å². The first kappa shape index (κ1) is 11.5. The fourth-order valence-electron chi connectivity index (χ4n) is 1.71. The quantitative estimate of drug-likeness (QED) is 0.663. The maximum Gasteiger partial charge on any atom is 0.246 e. The fraction of sp³-hybridized carbons (Fsp3) is 0.900. The van der Waals surface area contributed by atoms with Crippen LogP contribution in [-0.2, 0) is 9.53 Å². The predicted molar refractivity (Wildman–Crippen MR) is 55.1 cm³/mol. The van der Waals surface area contributed by atoms with Crippen molar-refractivity contribution in [1.82, 2.24) is 10.6 Å². The predicted octanol–water partition coefficient (Wildman–Crippen LogP) is 0.137. The molecule has 0 aliphatic carbocycles. The lowest BCUT2D eigenvalue weighted by Gasteiger charge is -2.19. The summed E-state index contributed by atoms with van der Waals surface area (Å²) in [5.41, 5.74) is 0. The van der Waals surface area contributed by atoms with E-state index in [9.17, 15) is 4.79 Å². The molecule has 0 aromatic carbocycles. The highest BCUT2D eigenvalue weighted by atomic mass is 16.5. The molecule has 1 fully saturated rings. The molecule has 1 rings (SSSR count). The minimum atomic E-state index is -0.00810. The number of carbonyl (C=O) groups excluding carboxylic acids is 1. The lowest BCUT2D eigenvalue weighted by Crippen LogP contribution is -2.40. The van der Waals surface area contributed by atoms with E-state index in [1.54, 1.807) is 0 Å². The largest absolute Gasteiger partial charge is 0.372 e. The Kier molecular flexibility index (Phi) is 4.90. The Morgan fingerprint density at radius 1 is 1.71 bits per heavy atom. The van der Waals surface area contributed by atoms with Crippen molar-refractivity contribution in [3.63, 3.8) is 0 Å². The van der Waals surface area contributed by atoms with E-state index in [1.807, 2.05) is 6.92 Å². The van der Waals surface area contributed by atoms with Crippen LogP contribution in [0.25, 0.3) is 0 Å². The molecular formula is C10H20N2O2. The zero-order valence-corrected chi connectivity index (χ0v) is 9.01. The Hall–Kier alpha value is -0.610. The standard InChI is InChI=1S/C10H20N2O2/c1-3-14-7-10(13)12-8(2)9-4-5-11-6-9/h8-9,11H,3-7H2,1-2H3,(H,12,13). The molecule has 0 saturated carbocycles. The summed E-state index contributed by atoms with van der Waals surface area (Å²) in [4.78, 5) is 11.3. The molecule has 1 saturated heterocycles. The molecule has 0 spiro atoms. The van der Waals surface area contributed by atoms with Gasteiger partial charge in [-0.15, -0.1) is 0 Å². The second-order valence-electron chi connectivity index (χ2n) is 3.75. The first-order valence-electron chi connectivity index (χ1n) is 5.32. The summed E-state index contributed by atoms with van der Waals surface area (Å²) in [7, 11) is 0. The van der Waals surface area contributed by atoms with Crippen LogP contribution in [-0.4, -0.2) is 38.3 Å². The number of nitrogens with one attached hydrogen (secondary N) is 2. The Labute approximate surface area is 85.4 Å². The van der Waals surface area contributed by atoms with Crippen LogP contribution >= 0.6 is 0 Å². The van der Waals surface area contributed by atoms with Crippen LogP contribution in [0.5, 0.6) is 0 Å². The number of hydrogen-bond acceptors (Lipinski definition) is 3. The van der Waals surface area contributed by atoms with Gasteiger partial charge in [-0.05, 0) is 39.3 Å². The number of carbonyl (C=O) groups is 1. The van der Waals surface area contributed by atoms with Gasteiger partial charge >= 0.3 is 0 Å². The maximum atomic E-state index is 11.3. The number of rotatable bonds is 5. The van der Waals surface area contributed by atoms with Gasteiger partial charge in [-0.25, -0.2) is 0 Å². The minimum Gasteiger partial charge on any atom is -0.372 e. The Bertz CT molecular complexity index is 179. The lowest BCUT2D eigenvalue weighted by atomic mass is 10.0. The Balaban J connectivity index is 2.18. The first-order valence-corrected chi connectivity index (χ1v) is 5.32. The molecule has 2 unspecified atom stereocenters. The topological polar surface area (TPSA) is 50.4 Å². The third-order valence-electron chi connectivity index (χ3n) is 2.63. The van der Waals surface area contributed by atoms with Crippen LogP contribution in [0.4, 0.5) is 0 Å². The second-order valence-corrected chi connectivity index (χ2v) is 3.75. The number of hydrogen-bond donors (Lipinski definition) is 2. The summed E-state index contributed by atoms with van der Waals surface area (Å²) in [6.45, 7) is 6.79. The molecule has 1 amide bonds. The van der Waals surface area contributed by atoms with E-state index in [0.717, 1.165) is 19.5 Å². The molecule has 2 N–H and O–H groups in total. The third kappa shape index (κ3) is 3.64. The Morgan fingerprint density at radius 3 is 3.07 bits per heavy atom. The molecule has 1 heterocycles. The summed E-state index contributed by atoms with van der Waals surface area (Å²) < 4.78 is 5.03. The van der Waals surface area contributed by atoms with Crippen molar-refractivity contribution in [1.29, 1.82) is 0 Å². The highest BCUT2D eigenvalue weighted by molar-refractivity contribution is 5.77. The first-order chi connectivity index (χ1) is 6.74. The molecule has 0 bridgehead atoms. The van der Waals surface area contributed by atoms with Crippen molar-refractivity contribution in [2.75, 3.05) is 26.3 Å². The van der Waals surface area contributed by atoms with Crippen LogP contribution < -0.4 is 10.6 Å². The van der Waals surface area contributed by atoms with E-state index in [0.29, 0.717) is 12.5 Å². The summed E-state index contributed by atoms with van der Waals surface area (Å²) in [6, 6.07) is 0.248. The van der Waals surface area contributed by atoms with Gasteiger partial charge in [-0.1, -0.05) is 0 Å². The highest BCUT2D eigenvalue weighted by Crippen LogP contribution is 2.11. The van der Waals surface area contributed by atoms with Gasteiger partial charge in [0.2, 0.25) is 5.91 Å². The van der Waals surface area contributed by atoms with E-state index in [1.165, 1.54) is 0 Å². The van der Waals surface area contributed by atoms with Gasteiger partial charge < -0.3 is 15.4 Å². The van der Waals surface area contributed by atoms with E-state index in [2.05, 4.69) is 17.6 Å². The third-order valence-corrected chi connectivity index (χ3v) is 2.63. The van der Waals surface area contributed by atoms with E-state index >= 15 is 0 Å². The van der Waals surface area contributed by atoms with Gasteiger partial charge in [0.05, 0.1) is 0 Å². The minimum absolute atomic E-state index is 0.00810. The molecule has 2 atom stereocenters. The maximum absolute atomic E-state index is 11.3. The lowest BCUT2D eigenvalue weighted by molar-refractivity contribution is -0.126. The van der Waals surface area contributed by atoms with Crippen LogP contribution in [0.2, 0.25) is 0 Å². The number of amides is 1. The van der Waals surface area contributed by atoms with Gasteiger partial charge in [0.1, 0.15) is 6.61 Å². The molecule has 1 aliphatic heterocycles. The van der Waals surface area contributed by atoms with Gasteiger partial charge in [-0.3, -0.25) is 4.79 Å². The SMILES string of the molecule is CCOCC(=O)NC(C)C1CCNC1. The second kappa shape index (κ2) is 5.98. The highest BCUT2D eigenvalue weighted by Gasteiger charge is 2.22. The average Bonchev–Trinajstić information content (AvgIpc) is 2.67. The zero-order valence-electron chi connectivity index (χ0n) is 9.01. The molecule has 0 aromatic heterocycles. The fourth-order valence-corrected chi connectivity index (χ4v) is 1.71. The Morgan fingerprint density at radius 2 is 2.50 bits per heavy atom. The zero-order chi connectivity index (χ0) is 10.4. The monoisotopic (exact) mass is 200 g/mol. The van der Waals surface area contributed by atoms with Gasteiger partial charge in [0.25, 0.3) is 0 Å². The summed E-state index contributed by atoms with van der Waals surface area (Å²) in [6.07, 6.45) is 1.15. The van der Waals surface area contributed by atoms with Crippen LogP contribution in [0.1, 0.15) is 20.3 Å². The van der Waals surface area contributed by atoms with E-state index in [-0.39, 0.29) is 18.6 Å². The molecule has 4 nitrogen and oxygen atoms in total. The van der Waals surface area contributed by atoms with Crippen molar-refractivity contribution in [3.8, 4) is 0 Å². The smallest absolute Gasteiger partial charge is 0.246 e. The average molecular weight is 200 g/mol. The molecule has 1 aliphatic rings. The normalized spacial score (nSPS) is 23.4. The van der Waals surface area contributed by atoms with Crippen LogP contribution in [0.15, 0.2) is 0 Å². The van der Waals surface area contributed by atoms with E-state index in [4.69, 9.17) is 4.74 Å². The molecule has 0 aromatic rings. The van der Waals surface area contributed by atoms with Gasteiger partial charge in [0.15, 0.2) is 0 Å². The molecule has 0 radical (unpaired) electrons. The van der Waals surface area contributed by atoms with E-state index < -0.39 is 0 Å². The van der Waals surface area contributed by atoms with Crippen molar-refractivity contribution in [2.45, 2.75) is 26.3 Å². The molecule has 82 valence electrons. The van der Waals surface area contributed by atoms with Crippen LogP contribution in [0.3, 0.4) is 0 Å². The molecule has 4 heteroatoms. The van der Waals surface area contributed by atoms with Gasteiger partial charge in [-0.2, -0.15) is 0 Å². The van der Waals surface area contributed by atoms with Crippen molar-refractivity contribution in [2.24, 2.45) is 5.92 Å². The van der Waals surface area contributed by atoms with Crippen molar-refractivity contribution in [3.05, 3.63) is 0 Å². The van der Waals surface area contributed by atoms with Gasteiger partial charge in [0, 0.05) is 12.6 Å². The summed E-state index contributed by atoms with van der Waals surface area (Å²) in [5.74, 6) is 0.562. The van der Waals surface area contributed by atoms with Crippen molar-refractivity contribution >= 4 is 5.91 Å². The van der Waals surface area contributed by atoms with Crippen LogP contribution in [0, 0.1) is 5.92 Å².